The summed E-state index contributed by atoms with van der Waals surface area (Å²) in [6.07, 6.45) is 3.55. The Morgan fingerprint density at radius 3 is 2.38 bits per heavy atom. The standard InChI is InChI=1S/C18H14O6/c1-18(2)6-5-8-12(24-18)7-11(21)14-15(22)13-9(19)3-4-10(20)17(13)23-16(8)14/h3-7,19-21H,1-2H3. The van der Waals surface area contributed by atoms with E-state index in [2.05, 4.69) is 0 Å². The maximum Gasteiger partial charge on any atom is 0.208 e. The summed E-state index contributed by atoms with van der Waals surface area (Å²) < 4.78 is 11.5. The van der Waals surface area contributed by atoms with E-state index in [4.69, 9.17) is 9.15 Å². The fourth-order valence-electron chi connectivity index (χ4n) is 2.92. The Labute approximate surface area is 135 Å². The second-order valence-corrected chi connectivity index (χ2v) is 6.29. The molecule has 0 atom stereocenters. The summed E-state index contributed by atoms with van der Waals surface area (Å²) in [6.45, 7) is 3.71. The molecule has 4 rings (SSSR count). The van der Waals surface area contributed by atoms with Crippen molar-refractivity contribution in [1.82, 2.24) is 0 Å². The Hall–Kier alpha value is -3.15. The normalized spacial score (nSPS) is 15.4. The molecule has 0 aliphatic carbocycles. The van der Waals surface area contributed by atoms with Crippen LogP contribution in [0.25, 0.3) is 28.0 Å². The molecule has 6 heteroatoms. The third-order valence-electron chi connectivity index (χ3n) is 4.06. The summed E-state index contributed by atoms with van der Waals surface area (Å²) in [4.78, 5) is 12.7. The number of rotatable bonds is 0. The number of phenolic OH excluding ortho intramolecular Hbond substituents is 3. The van der Waals surface area contributed by atoms with Crippen LogP contribution in [0.15, 0.2) is 33.5 Å². The number of hydrogen-bond donors (Lipinski definition) is 3. The number of fused-ring (bicyclic) bond motifs is 4. The molecule has 1 aromatic heterocycles. The quantitative estimate of drug-likeness (QED) is 0.433. The highest BCUT2D eigenvalue weighted by molar-refractivity contribution is 6.01. The molecule has 0 saturated heterocycles. The zero-order chi connectivity index (χ0) is 17.2. The first kappa shape index (κ1) is 14.4. The molecule has 0 saturated carbocycles. The van der Waals surface area contributed by atoms with Crippen molar-refractivity contribution in [3.8, 4) is 23.0 Å². The van der Waals surface area contributed by atoms with Gasteiger partial charge in [0.05, 0.1) is 5.56 Å². The van der Waals surface area contributed by atoms with Crippen molar-refractivity contribution in [2.45, 2.75) is 19.4 Å². The summed E-state index contributed by atoms with van der Waals surface area (Å²) in [5.41, 5.74) is -0.749. The molecule has 1 aliphatic heterocycles. The molecule has 0 amide bonds. The molecule has 0 bridgehead atoms. The van der Waals surface area contributed by atoms with Crippen LogP contribution >= 0.6 is 0 Å². The third-order valence-corrected chi connectivity index (χ3v) is 4.06. The van der Waals surface area contributed by atoms with Crippen molar-refractivity contribution in [3.05, 3.63) is 40.1 Å². The van der Waals surface area contributed by atoms with Gasteiger partial charge in [-0.3, -0.25) is 4.79 Å². The lowest BCUT2D eigenvalue weighted by Gasteiger charge is -2.28. The van der Waals surface area contributed by atoms with Crippen LogP contribution in [0.2, 0.25) is 0 Å². The lowest BCUT2D eigenvalue weighted by molar-refractivity contribution is 0.158. The Morgan fingerprint density at radius 1 is 0.958 bits per heavy atom. The minimum Gasteiger partial charge on any atom is -0.507 e. The van der Waals surface area contributed by atoms with Gasteiger partial charge < -0.3 is 24.5 Å². The van der Waals surface area contributed by atoms with E-state index >= 15 is 0 Å². The third kappa shape index (κ3) is 1.86. The smallest absolute Gasteiger partial charge is 0.208 e. The van der Waals surface area contributed by atoms with E-state index in [1.807, 2.05) is 13.8 Å². The lowest BCUT2D eigenvalue weighted by Crippen LogP contribution is -2.27. The molecular formula is C18H14O6. The number of ether oxygens (including phenoxy) is 1. The number of hydrogen-bond acceptors (Lipinski definition) is 6. The fourth-order valence-corrected chi connectivity index (χ4v) is 2.92. The summed E-state index contributed by atoms with van der Waals surface area (Å²) in [7, 11) is 0. The zero-order valence-electron chi connectivity index (χ0n) is 13.0. The van der Waals surface area contributed by atoms with Crippen LogP contribution in [0, 0.1) is 0 Å². The summed E-state index contributed by atoms with van der Waals surface area (Å²) in [6, 6.07) is 3.78. The Kier molecular flexibility index (Phi) is 2.67. The first-order valence-corrected chi connectivity index (χ1v) is 7.34. The minimum absolute atomic E-state index is 0.0740. The predicted octanol–water partition coefficient (Wildman–Crippen LogP) is 3.25. The van der Waals surface area contributed by atoms with E-state index in [1.54, 1.807) is 12.2 Å². The van der Waals surface area contributed by atoms with E-state index in [9.17, 15) is 20.1 Å². The number of aromatic hydroxyl groups is 3. The molecule has 1 aliphatic rings. The van der Waals surface area contributed by atoms with Gasteiger partial charge in [0, 0.05) is 6.07 Å². The first-order chi connectivity index (χ1) is 11.3. The van der Waals surface area contributed by atoms with Gasteiger partial charge in [0.15, 0.2) is 16.9 Å². The second-order valence-electron chi connectivity index (χ2n) is 6.29. The van der Waals surface area contributed by atoms with Crippen LogP contribution in [0.5, 0.6) is 23.0 Å². The van der Waals surface area contributed by atoms with E-state index in [-0.39, 0.29) is 39.2 Å². The van der Waals surface area contributed by atoms with Crippen molar-refractivity contribution in [2.75, 3.05) is 0 Å². The highest BCUT2D eigenvalue weighted by atomic mass is 16.5. The van der Waals surface area contributed by atoms with Crippen molar-refractivity contribution in [3.63, 3.8) is 0 Å². The maximum absolute atomic E-state index is 12.7. The molecule has 6 nitrogen and oxygen atoms in total. The SMILES string of the molecule is CC1(C)C=Cc2c(cc(O)c3c(=O)c4c(O)ccc(O)c4oc23)O1. The van der Waals surface area contributed by atoms with Crippen LogP contribution in [-0.4, -0.2) is 20.9 Å². The Bertz CT molecular complexity index is 1100. The van der Waals surface area contributed by atoms with Gasteiger partial charge in [-0.1, -0.05) is 0 Å². The van der Waals surface area contributed by atoms with Gasteiger partial charge in [0.1, 0.15) is 33.6 Å². The van der Waals surface area contributed by atoms with Crippen molar-refractivity contribution in [2.24, 2.45) is 0 Å². The fraction of sp³-hybridized carbons (Fsp3) is 0.167. The van der Waals surface area contributed by atoms with Gasteiger partial charge >= 0.3 is 0 Å². The zero-order valence-corrected chi connectivity index (χ0v) is 13.0. The van der Waals surface area contributed by atoms with Gasteiger partial charge in [-0.2, -0.15) is 0 Å². The van der Waals surface area contributed by atoms with Crippen LogP contribution < -0.4 is 10.2 Å². The minimum atomic E-state index is -0.627. The second kappa shape index (κ2) is 4.44. The van der Waals surface area contributed by atoms with Gasteiger partial charge in [-0.15, -0.1) is 0 Å². The highest BCUT2D eigenvalue weighted by Crippen LogP contribution is 2.42. The molecule has 122 valence electrons. The van der Waals surface area contributed by atoms with E-state index in [0.717, 1.165) is 0 Å². The summed E-state index contributed by atoms with van der Waals surface area (Å²) in [5, 5.41) is 30.0. The van der Waals surface area contributed by atoms with Gasteiger partial charge in [0.2, 0.25) is 5.43 Å². The Morgan fingerprint density at radius 2 is 1.62 bits per heavy atom. The monoisotopic (exact) mass is 326 g/mol. The van der Waals surface area contributed by atoms with Crippen molar-refractivity contribution >= 4 is 28.0 Å². The molecule has 0 radical (unpaired) electrons. The number of benzene rings is 2. The molecular weight excluding hydrogens is 312 g/mol. The maximum atomic E-state index is 12.7. The molecule has 2 aromatic carbocycles. The highest BCUT2D eigenvalue weighted by Gasteiger charge is 2.27. The molecule has 0 unspecified atom stereocenters. The average molecular weight is 326 g/mol. The molecule has 3 N–H and O–H groups in total. The van der Waals surface area contributed by atoms with Crippen molar-refractivity contribution < 1.29 is 24.5 Å². The Balaban J connectivity index is 2.23. The largest absolute Gasteiger partial charge is 0.507 e. The predicted molar refractivity (Wildman–Crippen MR) is 88.7 cm³/mol. The summed E-state index contributed by atoms with van der Waals surface area (Å²) in [5.74, 6) is -0.550. The average Bonchev–Trinajstić information content (AvgIpc) is 2.49. The van der Waals surface area contributed by atoms with Crippen LogP contribution in [0.4, 0.5) is 0 Å². The van der Waals surface area contributed by atoms with Crippen LogP contribution in [-0.2, 0) is 0 Å². The van der Waals surface area contributed by atoms with E-state index in [1.165, 1.54) is 18.2 Å². The molecule has 0 fully saturated rings. The van der Waals surface area contributed by atoms with E-state index in [0.29, 0.717) is 11.3 Å². The van der Waals surface area contributed by atoms with Gasteiger partial charge in [-0.05, 0) is 38.1 Å². The molecule has 24 heavy (non-hydrogen) atoms. The molecule has 0 spiro atoms. The lowest BCUT2D eigenvalue weighted by atomic mass is 9.99. The van der Waals surface area contributed by atoms with Crippen LogP contribution in [0.1, 0.15) is 19.4 Å². The van der Waals surface area contributed by atoms with Gasteiger partial charge in [-0.25, -0.2) is 0 Å². The first-order valence-electron chi connectivity index (χ1n) is 7.34. The van der Waals surface area contributed by atoms with Crippen LogP contribution in [0.3, 0.4) is 0 Å². The summed E-state index contributed by atoms with van der Waals surface area (Å²) >= 11 is 0. The van der Waals surface area contributed by atoms with E-state index < -0.39 is 11.0 Å². The molecule has 2 heterocycles. The number of phenols is 3. The topological polar surface area (TPSA) is 100 Å². The molecule has 3 aromatic rings. The van der Waals surface area contributed by atoms with Gasteiger partial charge in [0.25, 0.3) is 0 Å². The van der Waals surface area contributed by atoms with Crippen molar-refractivity contribution in [1.29, 1.82) is 0 Å².